The van der Waals surface area contributed by atoms with E-state index in [1.807, 2.05) is 27.7 Å². The third-order valence-electron chi connectivity index (χ3n) is 3.19. The van der Waals surface area contributed by atoms with E-state index in [-0.39, 0.29) is 16.8 Å². The van der Waals surface area contributed by atoms with Gasteiger partial charge >= 0.3 is 0 Å². The molecule has 0 aromatic carbocycles. The lowest BCUT2D eigenvalue weighted by molar-refractivity contribution is 0.342. The zero-order valence-corrected chi connectivity index (χ0v) is 12.9. The molecule has 1 aromatic heterocycles. The molecule has 0 saturated heterocycles. The highest BCUT2D eigenvalue weighted by Gasteiger charge is 2.30. The second kappa shape index (κ2) is 6.38. The fraction of sp³-hybridized carbons (Fsp3) is 0.750. The largest absolute Gasteiger partial charge is 0.381 e. The number of nitrogen functional groups attached to an aromatic ring is 1. The third-order valence-corrected chi connectivity index (χ3v) is 5.29. The summed E-state index contributed by atoms with van der Waals surface area (Å²) >= 11 is 0. The van der Waals surface area contributed by atoms with E-state index in [1.54, 1.807) is 4.68 Å². The molecule has 7 heteroatoms. The standard InChI is InChI=1S/C12H24N4O2S/c1-5-8-15-9-11(12(13)14-15)19(17,18)16(7-3)10(4)6-2/h9-10H,5-8H2,1-4H3,(H2,13,14). The Morgan fingerprint density at radius 2 is 2.05 bits per heavy atom. The molecule has 0 bridgehead atoms. The van der Waals surface area contributed by atoms with Gasteiger partial charge in [0.15, 0.2) is 5.82 Å². The summed E-state index contributed by atoms with van der Waals surface area (Å²) < 4.78 is 28.2. The Kier molecular flexibility index (Phi) is 5.37. The molecule has 1 rings (SSSR count). The van der Waals surface area contributed by atoms with E-state index in [0.717, 1.165) is 12.8 Å². The maximum absolute atomic E-state index is 12.6. The SMILES string of the molecule is CCCn1cc(S(=O)(=O)N(CC)C(C)CC)c(N)n1. The molecule has 0 spiro atoms. The number of anilines is 1. The van der Waals surface area contributed by atoms with Crippen molar-refractivity contribution in [3.8, 4) is 0 Å². The molecule has 0 aliphatic heterocycles. The summed E-state index contributed by atoms with van der Waals surface area (Å²) in [5, 5.41) is 4.06. The van der Waals surface area contributed by atoms with Crippen LogP contribution in [0.2, 0.25) is 0 Å². The first-order valence-electron chi connectivity index (χ1n) is 6.73. The van der Waals surface area contributed by atoms with Crippen molar-refractivity contribution in [2.45, 2.75) is 58.0 Å². The minimum atomic E-state index is -3.57. The van der Waals surface area contributed by atoms with Crippen molar-refractivity contribution in [2.75, 3.05) is 12.3 Å². The second-order valence-corrected chi connectivity index (χ2v) is 6.47. The van der Waals surface area contributed by atoms with Crippen LogP contribution < -0.4 is 5.73 Å². The number of rotatable bonds is 7. The molecule has 0 amide bonds. The molecule has 1 heterocycles. The van der Waals surface area contributed by atoms with Crippen molar-refractivity contribution in [2.24, 2.45) is 0 Å². The molecule has 0 saturated carbocycles. The summed E-state index contributed by atoms with van der Waals surface area (Å²) in [6.45, 7) is 8.78. The molecule has 0 aliphatic rings. The summed E-state index contributed by atoms with van der Waals surface area (Å²) in [5.74, 6) is 0.0789. The maximum Gasteiger partial charge on any atom is 0.248 e. The van der Waals surface area contributed by atoms with Crippen LogP contribution in [0.5, 0.6) is 0 Å². The van der Waals surface area contributed by atoms with Crippen LogP contribution in [0.15, 0.2) is 11.1 Å². The summed E-state index contributed by atoms with van der Waals surface area (Å²) in [6, 6.07) is -0.0519. The Hall–Kier alpha value is -1.08. The lowest BCUT2D eigenvalue weighted by Gasteiger charge is -2.25. The number of aryl methyl sites for hydroxylation is 1. The zero-order valence-electron chi connectivity index (χ0n) is 12.1. The van der Waals surface area contributed by atoms with E-state index in [0.29, 0.717) is 13.1 Å². The van der Waals surface area contributed by atoms with Crippen LogP contribution in [0.1, 0.15) is 40.5 Å². The van der Waals surface area contributed by atoms with Crippen LogP contribution in [0.3, 0.4) is 0 Å². The first kappa shape index (κ1) is 16.0. The Morgan fingerprint density at radius 3 is 2.53 bits per heavy atom. The zero-order chi connectivity index (χ0) is 14.6. The van der Waals surface area contributed by atoms with Gasteiger partial charge in [0.1, 0.15) is 4.90 Å². The van der Waals surface area contributed by atoms with Crippen molar-refractivity contribution < 1.29 is 8.42 Å². The van der Waals surface area contributed by atoms with E-state index in [2.05, 4.69) is 5.10 Å². The Bertz CT molecular complexity index is 510. The molecule has 1 unspecified atom stereocenters. The highest BCUT2D eigenvalue weighted by molar-refractivity contribution is 7.89. The molecule has 19 heavy (non-hydrogen) atoms. The molecule has 0 radical (unpaired) electrons. The quantitative estimate of drug-likeness (QED) is 0.827. The van der Waals surface area contributed by atoms with Crippen LogP contribution in [0.25, 0.3) is 0 Å². The number of hydrogen-bond donors (Lipinski definition) is 1. The lowest BCUT2D eigenvalue weighted by Crippen LogP contribution is -2.38. The predicted octanol–water partition coefficient (Wildman–Crippen LogP) is 1.68. The van der Waals surface area contributed by atoms with Gasteiger partial charge in [0.05, 0.1) is 0 Å². The maximum atomic E-state index is 12.6. The van der Waals surface area contributed by atoms with Crippen LogP contribution in [-0.4, -0.2) is 35.1 Å². The molecule has 2 N–H and O–H groups in total. The van der Waals surface area contributed by atoms with Crippen LogP contribution in [0, 0.1) is 0 Å². The minimum Gasteiger partial charge on any atom is -0.381 e. The molecule has 0 fully saturated rings. The molecular weight excluding hydrogens is 264 g/mol. The third kappa shape index (κ3) is 3.27. The predicted molar refractivity (Wildman–Crippen MR) is 76.2 cm³/mol. The fourth-order valence-corrected chi connectivity index (χ4v) is 3.78. The molecule has 1 aromatic rings. The first-order valence-corrected chi connectivity index (χ1v) is 8.17. The summed E-state index contributed by atoms with van der Waals surface area (Å²) in [7, 11) is -3.57. The highest BCUT2D eigenvalue weighted by Crippen LogP contribution is 2.23. The topological polar surface area (TPSA) is 81.2 Å². The summed E-state index contributed by atoms with van der Waals surface area (Å²) in [4.78, 5) is 0.114. The van der Waals surface area contributed by atoms with Gasteiger partial charge in [-0.05, 0) is 19.8 Å². The number of sulfonamides is 1. The minimum absolute atomic E-state index is 0.0519. The van der Waals surface area contributed by atoms with Gasteiger partial charge < -0.3 is 5.73 Å². The van der Waals surface area contributed by atoms with Gasteiger partial charge in [-0.3, -0.25) is 4.68 Å². The number of nitrogens with zero attached hydrogens (tertiary/aromatic N) is 3. The number of aromatic nitrogens is 2. The van der Waals surface area contributed by atoms with Gasteiger partial charge in [-0.2, -0.15) is 9.40 Å². The average Bonchev–Trinajstić information content (AvgIpc) is 2.71. The Morgan fingerprint density at radius 1 is 1.42 bits per heavy atom. The first-order chi connectivity index (χ1) is 8.88. The van der Waals surface area contributed by atoms with Crippen LogP contribution in [-0.2, 0) is 16.6 Å². The van der Waals surface area contributed by atoms with Gasteiger partial charge in [-0.1, -0.05) is 20.8 Å². The normalized spacial score (nSPS) is 13.9. The van der Waals surface area contributed by atoms with E-state index in [1.165, 1.54) is 10.5 Å². The molecular formula is C12H24N4O2S. The van der Waals surface area contributed by atoms with Crippen molar-refractivity contribution in [3.63, 3.8) is 0 Å². The molecule has 6 nitrogen and oxygen atoms in total. The average molecular weight is 288 g/mol. The molecule has 1 atom stereocenters. The van der Waals surface area contributed by atoms with Crippen molar-refractivity contribution >= 4 is 15.8 Å². The van der Waals surface area contributed by atoms with Gasteiger partial charge in [0.25, 0.3) is 0 Å². The Labute approximate surface area is 115 Å². The van der Waals surface area contributed by atoms with E-state index >= 15 is 0 Å². The van der Waals surface area contributed by atoms with Crippen molar-refractivity contribution in [3.05, 3.63) is 6.20 Å². The molecule has 0 aliphatic carbocycles. The highest BCUT2D eigenvalue weighted by atomic mass is 32.2. The van der Waals surface area contributed by atoms with Crippen molar-refractivity contribution in [1.82, 2.24) is 14.1 Å². The van der Waals surface area contributed by atoms with Crippen LogP contribution >= 0.6 is 0 Å². The van der Waals surface area contributed by atoms with E-state index < -0.39 is 10.0 Å². The lowest BCUT2D eigenvalue weighted by atomic mass is 10.3. The summed E-state index contributed by atoms with van der Waals surface area (Å²) in [5.41, 5.74) is 5.75. The Balaban J connectivity index is 3.18. The number of nitrogens with two attached hydrogens (primary N) is 1. The van der Waals surface area contributed by atoms with Crippen molar-refractivity contribution in [1.29, 1.82) is 0 Å². The van der Waals surface area contributed by atoms with Crippen LogP contribution in [0.4, 0.5) is 5.82 Å². The van der Waals surface area contributed by atoms with E-state index in [4.69, 9.17) is 5.73 Å². The monoisotopic (exact) mass is 288 g/mol. The number of hydrogen-bond acceptors (Lipinski definition) is 4. The van der Waals surface area contributed by atoms with E-state index in [9.17, 15) is 8.42 Å². The van der Waals surface area contributed by atoms with Gasteiger partial charge in [-0.15, -0.1) is 0 Å². The van der Waals surface area contributed by atoms with Gasteiger partial charge in [-0.25, -0.2) is 8.42 Å². The van der Waals surface area contributed by atoms with Gasteiger partial charge in [0.2, 0.25) is 10.0 Å². The summed E-state index contributed by atoms with van der Waals surface area (Å²) in [6.07, 6.45) is 3.17. The fourth-order valence-electron chi connectivity index (χ4n) is 2.01. The molecule has 110 valence electrons. The van der Waals surface area contributed by atoms with Gasteiger partial charge in [0, 0.05) is 25.3 Å². The second-order valence-electron chi connectivity index (χ2n) is 4.61. The smallest absolute Gasteiger partial charge is 0.248 e.